The highest BCUT2D eigenvalue weighted by molar-refractivity contribution is 7.90. The van der Waals surface area contributed by atoms with Crippen LogP contribution >= 0.6 is 11.3 Å². The fourth-order valence-corrected chi connectivity index (χ4v) is 3.56. The molecule has 1 aromatic rings. The molecule has 1 atom stereocenters. The lowest BCUT2D eigenvalue weighted by molar-refractivity contribution is -0.117. The van der Waals surface area contributed by atoms with Crippen molar-refractivity contribution in [1.29, 1.82) is 0 Å². The molecule has 1 heterocycles. The Morgan fingerprint density at radius 2 is 1.96 bits per heavy atom. The number of anilines is 1. The molecule has 0 radical (unpaired) electrons. The predicted molar refractivity (Wildman–Crippen MR) is 93.1 cm³/mol. The Bertz CT molecular complexity index is 719. The summed E-state index contributed by atoms with van der Waals surface area (Å²) in [6.45, 7) is 5.66. The molecule has 10 heteroatoms. The molecule has 0 spiro atoms. The molecule has 3 N–H and O–H groups in total. The van der Waals surface area contributed by atoms with E-state index >= 15 is 0 Å². The average molecular weight is 377 g/mol. The number of carbonyl (C=O) groups excluding carboxylic acids is 2. The molecule has 8 nitrogen and oxygen atoms in total. The van der Waals surface area contributed by atoms with E-state index in [1.165, 1.54) is 7.11 Å². The average Bonchev–Trinajstić information content (AvgIpc) is 2.87. The largest absolute Gasteiger partial charge is 0.465 e. The molecule has 0 aliphatic carbocycles. The first-order valence-electron chi connectivity index (χ1n) is 7.19. The van der Waals surface area contributed by atoms with Gasteiger partial charge in [0.05, 0.1) is 24.6 Å². The van der Waals surface area contributed by atoms with Gasteiger partial charge in [0.1, 0.15) is 14.7 Å². The zero-order valence-corrected chi connectivity index (χ0v) is 16.0. The van der Waals surface area contributed by atoms with E-state index in [1.807, 2.05) is 20.8 Å². The van der Waals surface area contributed by atoms with Crippen molar-refractivity contribution >= 4 is 38.2 Å². The van der Waals surface area contributed by atoms with E-state index in [2.05, 4.69) is 10.3 Å². The predicted octanol–water partition coefficient (Wildman–Crippen LogP) is 0.928. The number of aromatic nitrogens is 1. The third-order valence-electron chi connectivity index (χ3n) is 3.07. The number of ether oxygens (including phenoxy) is 1. The number of nitrogens with one attached hydrogen (secondary N) is 1. The van der Waals surface area contributed by atoms with Gasteiger partial charge in [-0.15, -0.1) is 0 Å². The Morgan fingerprint density at radius 3 is 2.42 bits per heavy atom. The highest BCUT2D eigenvalue weighted by atomic mass is 32.2. The van der Waals surface area contributed by atoms with Crippen LogP contribution in [0.2, 0.25) is 0 Å². The maximum Gasteiger partial charge on any atom is 0.350 e. The van der Waals surface area contributed by atoms with Gasteiger partial charge in [-0.1, -0.05) is 32.1 Å². The van der Waals surface area contributed by atoms with Crippen LogP contribution in [0.25, 0.3) is 0 Å². The van der Waals surface area contributed by atoms with E-state index in [9.17, 15) is 18.0 Å². The number of carbonyl (C=O) groups is 2. The van der Waals surface area contributed by atoms with E-state index < -0.39 is 33.2 Å². The molecule has 0 saturated heterocycles. The van der Waals surface area contributed by atoms with Crippen LogP contribution < -0.4 is 11.1 Å². The Labute approximate surface area is 145 Å². The summed E-state index contributed by atoms with van der Waals surface area (Å²) in [7, 11) is -1.92. The van der Waals surface area contributed by atoms with Crippen molar-refractivity contribution < 1.29 is 22.7 Å². The van der Waals surface area contributed by atoms with Crippen molar-refractivity contribution in [1.82, 2.24) is 4.98 Å². The zero-order valence-electron chi connectivity index (χ0n) is 14.4. The fraction of sp³-hybridized carbons (Fsp3) is 0.643. The highest BCUT2D eigenvalue weighted by Gasteiger charge is 2.28. The van der Waals surface area contributed by atoms with E-state index in [-0.39, 0.29) is 17.3 Å². The van der Waals surface area contributed by atoms with E-state index in [4.69, 9.17) is 10.5 Å². The van der Waals surface area contributed by atoms with Crippen molar-refractivity contribution in [3.63, 3.8) is 0 Å². The number of hydrogen-bond acceptors (Lipinski definition) is 8. The van der Waals surface area contributed by atoms with Crippen molar-refractivity contribution in [2.24, 2.45) is 5.73 Å². The second kappa shape index (κ2) is 7.58. The number of amides is 1. The van der Waals surface area contributed by atoms with Crippen LogP contribution in [0.5, 0.6) is 0 Å². The zero-order chi connectivity index (χ0) is 18.7. The van der Waals surface area contributed by atoms with Crippen LogP contribution in [-0.4, -0.2) is 50.4 Å². The normalized spacial score (nSPS) is 13.4. The standard InChI is InChI=1S/C14H23N3O5S2/c1-14(2,3)10-9(12(19)22-4)23-13(16-10)17-11(18)8(15)6-7-24(5,20)21/h8H,6-7,15H2,1-5H3,(H,16,17,18). The Morgan fingerprint density at radius 1 is 1.38 bits per heavy atom. The van der Waals surface area contributed by atoms with Crippen molar-refractivity contribution in [2.75, 3.05) is 24.4 Å². The van der Waals surface area contributed by atoms with Gasteiger partial charge >= 0.3 is 5.97 Å². The topological polar surface area (TPSA) is 128 Å². The molecule has 1 aromatic heterocycles. The second-order valence-electron chi connectivity index (χ2n) is 6.45. The Hall–Kier alpha value is -1.52. The number of methoxy groups -OCH3 is 1. The van der Waals surface area contributed by atoms with Crippen molar-refractivity contribution in [2.45, 2.75) is 38.6 Å². The molecule has 136 valence electrons. The Balaban J connectivity index is 2.93. The van der Waals surface area contributed by atoms with Gasteiger partial charge in [0.15, 0.2) is 5.13 Å². The monoisotopic (exact) mass is 377 g/mol. The molecule has 0 aromatic carbocycles. The summed E-state index contributed by atoms with van der Waals surface area (Å²) < 4.78 is 27.0. The maximum atomic E-state index is 12.1. The summed E-state index contributed by atoms with van der Waals surface area (Å²) in [5.41, 5.74) is 5.80. The maximum absolute atomic E-state index is 12.1. The summed E-state index contributed by atoms with van der Waals surface area (Å²) in [4.78, 5) is 28.5. The first-order chi connectivity index (χ1) is 10.8. The minimum absolute atomic E-state index is 0.00598. The number of thiazole rings is 1. The number of hydrogen-bond donors (Lipinski definition) is 2. The molecular formula is C14H23N3O5S2. The van der Waals surface area contributed by atoms with Gasteiger partial charge in [-0.25, -0.2) is 18.2 Å². The lowest BCUT2D eigenvalue weighted by Gasteiger charge is -2.16. The van der Waals surface area contributed by atoms with Gasteiger partial charge in [-0.3, -0.25) is 4.79 Å². The van der Waals surface area contributed by atoms with Crippen molar-refractivity contribution in [3.05, 3.63) is 10.6 Å². The number of nitrogens with zero attached hydrogens (tertiary/aromatic N) is 1. The van der Waals surface area contributed by atoms with Gasteiger partial charge in [-0.05, 0) is 6.42 Å². The number of nitrogens with two attached hydrogens (primary N) is 1. The van der Waals surface area contributed by atoms with Crippen LogP contribution in [0.4, 0.5) is 5.13 Å². The minimum atomic E-state index is -3.20. The van der Waals surface area contributed by atoms with Gasteiger partial charge in [0.2, 0.25) is 5.91 Å². The first kappa shape index (κ1) is 20.5. The lowest BCUT2D eigenvalue weighted by Crippen LogP contribution is -2.37. The SMILES string of the molecule is COC(=O)c1sc(NC(=O)C(N)CCS(C)(=O)=O)nc1C(C)(C)C. The summed E-state index contributed by atoms with van der Waals surface area (Å²) in [6, 6.07) is -0.983. The first-order valence-corrected chi connectivity index (χ1v) is 10.1. The van der Waals surface area contributed by atoms with E-state index in [0.29, 0.717) is 10.6 Å². The van der Waals surface area contributed by atoms with Gasteiger partial charge in [0, 0.05) is 11.7 Å². The second-order valence-corrected chi connectivity index (χ2v) is 9.71. The molecule has 0 saturated carbocycles. The number of esters is 1. The third kappa shape index (κ3) is 5.84. The molecule has 1 rings (SSSR count). The molecule has 1 amide bonds. The molecule has 0 aliphatic heterocycles. The smallest absolute Gasteiger partial charge is 0.350 e. The van der Waals surface area contributed by atoms with Gasteiger partial charge in [-0.2, -0.15) is 0 Å². The molecule has 0 aliphatic rings. The third-order valence-corrected chi connectivity index (χ3v) is 5.00. The number of rotatable bonds is 6. The summed E-state index contributed by atoms with van der Waals surface area (Å²) >= 11 is 0.997. The fourth-order valence-electron chi connectivity index (χ4n) is 1.78. The van der Waals surface area contributed by atoms with Crippen LogP contribution in [0.1, 0.15) is 42.6 Å². The highest BCUT2D eigenvalue weighted by Crippen LogP contribution is 2.32. The molecule has 24 heavy (non-hydrogen) atoms. The van der Waals surface area contributed by atoms with Gasteiger partial charge in [0.25, 0.3) is 0 Å². The summed E-state index contributed by atoms with van der Waals surface area (Å²) in [5, 5.41) is 2.75. The van der Waals surface area contributed by atoms with Crippen LogP contribution in [0, 0.1) is 0 Å². The van der Waals surface area contributed by atoms with Crippen LogP contribution in [0.3, 0.4) is 0 Å². The Kier molecular flexibility index (Phi) is 6.48. The quantitative estimate of drug-likeness (QED) is 0.706. The van der Waals surface area contributed by atoms with Crippen LogP contribution in [0.15, 0.2) is 0 Å². The molecular weight excluding hydrogens is 354 g/mol. The molecule has 0 fully saturated rings. The number of sulfone groups is 1. The molecule has 0 bridgehead atoms. The minimum Gasteiger partial charge on any atom is -0.465 e. The molecule has 1 unspecified atom stereocenters. The van der Waals surface area contributed by atoms with Crippen molar-refractivity contribution in [3.8, 4) is 0 Å². The lowest BCUT2D eigenvalue weighted by atomic mass is 9.91. The van der Waals surface area contributed by atoms with E-state index in [0.717, 1.165) is 17.6 Å². The van der Waals surface area contributed by atoms with Crippen LogP contribution in [-0.2, 0) is 24.8 Å². The van der Waals surface area contributed by atoms with E-state index in [1.54, 1.807) is 0 Å². The summed E-state index contributed by atoms with van der Waals surface area (Å²) in [6.07, 6.45) is 1.09. The van der Waals surface area contributed by atoms with Gasteiger partial charge < -0.3 is 15.8 Å². The summed E-state index contributed by atoms with van der Waals surface area (Å²) in [5.74, 6) is -1.26.